The van der Waals surface area contributed by atoms with Crippen molar-refractivity contribution in [3.8, 4) is 0 Å². The van der Waals surface area contributed by atoms with Crippen LogP contribution in [0.2, 0.25) is 0 Å². The summed E-state index contributed by atoms with van der Waals surface area (Å²) in [5.41, 5.74) is 0.353. The summed E-state index contributed by atoms with van der Waals surface area (Å²) in [6.45, 7) is 0. The summed E-state index contributed by atoms with van der Waals surface area (Å²) in [7, 11) is 0. The molecule has 0 aliphatic heterocycles. The number of carboxylic acids is 1. The predicted octanol–water partition coefficient (Wildman–Crippen LogP) is 2.43. The molecule has 1 rings (SSSR count). The highest BCUT2D eigenvalue weighted by molar-refractivity contribution is 9.10. The van der Waals surface area contributed by atoms with E-state index < -0.39 is 5.97 Å². The number of rotatable bonds is 2. The van der Waals surface area contributed by atoms with Crippen LogP contribution in [0.3, 0.4) is 0 Å². The number of hydrogen-bond donors (Lipinski definition) is 2. The van der Waals surface area contributed by atoms with E-state index in [9.17, 15) is 4.79 Å². The van der Waals surface area contributed by atoms with E-state index in [1.165, 1.54) is 0 Å². The Bertz CT molecular complexity index is 340. The van der Waals surface area contributed by atoms with Gasteiger partial charge in [0, 0.05) is 4.47 Å². The molecule has 68 valence electrons. The summed E-state index contributed by atoms with van der Waals surface area (Å²) in [6.07, 6.45) is 0.589. The lowest BCUT2D eigenvalue weighted by Crippen LogP contribution is -1.99. The Hall–Kier alpha value is -1.29. The molecule has 0 heterocycles. The van der Waals surface area contributed by atoms with Crippen molar-refractivity contribution in [2.45, 2.75) is 0 Å². The average Bonchev–Trinajstić information content (AvgIpc) is 2.09. The normalized spacial score (nSPS) is 11.3. The van der Waals surface area contributed by atoms with Gasteiger partial charge in [0.25, 0.3) is 0 Å². The van der Waals surface area contributed by atoms with Crippen molar-refractivity contribution in [2.24, 2.45) is 0 Å². The van der Waals surface area contributed by atoms with Gasteiger partial charge in [0.2, 0.25) is 0 Å². The van der Waals surface area contributed by atoms with Gasteiger partial charge >= 0.3 is 5.97 Å². The van der Waals surface area contributed by atoms with Gasteiger partial charge in [0.1, 0.15) is 5.57 Å². The molecule has 0 unspecified atom stereocenters. The quantitative estimate of drug-likeness (QED) is 0.619. The number of aliphatic hydroxyl groups excluding tert-OH is 1. The van der Waals surface area contributed by atoms with Crippen molar-refractivity contribution in [1.29, 1.82) is 0 Å². The molecule has 0 saturated heterocycles. The summed E-state index contributed by atoms with van der Waals surface area (Å²) in [4.78, 5) is 10.6. The summed E-state index contributed by atoms with van der Waals surface area (Å²) in [5.74, 6) is -1.15. The number of halogens is 1. The van der Waals surface area contributed by atoms with Crippen molar-refractivity contribution in [3.63, 3.8) is 0 Å². The minimum Gasteiger partial charge on any atom is -0.515 e. The zero-order chi connectivity index (χ0) is 9.84. The van der Waals surface area contributed by atoms with E-state index in [0.717, 1.165) is 4.47 Å². The minimum atomic E-state index is -1.15. The van der Waals surface area contributed by atoms with Gasteiger partial charge in [-0.25, -0.2) is 4.79 Å². The van der Waals surface area contributed by atoms with Crippen LogP contribution in [0.15, 0.2) is 35.0 Å². The van der Waals surface area contributed by atoms with Crippen LogP contribution in [0.1, 0.15) is 5.56 Å². The van der Waals surface area contributed by atoms with E-state index in [-0.39, 0.29) is 5.57 Å². The van der Waals surface area contributed by atoms with Crippen LogP contribution in [-0.4, -0.2) is 16.2 Å². The monoisotopic (exact) mass is 242 g/mol. The van der Waals surface area contributed by atoms with Gasteiger partial charge in [-0.1, -0.05) is 28.1 Å². The topological polar surface area (TPSA) is 57.5 Å². The molecule has 0 aromatic heterocycles. The Labute approximate surface area is 83.5 Å². The Balaban J connectivity index is 3.07. The minimum absolute atomic E-state index is 0.118. The Kier molecular flexibility index (Phi) is 3.08. The van der Waals surface area contributed by atoms with Gasteiger partial charge in [0.05, 0.1) is 6.26 Å². The van der Waals surface area contributed by atoms with Crippen molar-refractivity contribution in [3.05, 3.63) is 40.6 Å². The highest BCUT2D eigenvalue weighted by Gasteiger charge is 2.09. The van der Waals surface area contributed by atoms with Crippen LogP contribution in [0.5, 0.6) is 0 Å². The lowest BCUT2D eigenvalue weighted by atomic mass is 10.1. The Morgan fingerprint density at radius 2 is 1.85 bits per heavy atom. The molecule has 1 aromatic rings. The summed E-state index contributed by atoms with van der Waals surface area (Å²) in [6, 6.07) is 6.64. The maximum absolute atomic E-state index is 10.6. The van der Waals surface area contributed by atoms with Gasteiger partial charge in [0.15, 0.2) is 0 Å². The highest BCUT2D eigenvalue weighted by Crippen LogP contribution is 2.17. The fraction of sp³-hybridized carbons (Fsp3) is 0. The van der Waals surface area contributed by atoms with Crippen molar-refractivity contribution in [2.75, 3.05) is 0 Å². The van der Waals surface area contributed by atoms with Crippen LogP contribution < -0.4 is 0 Å². The molecular formula is C9H7BrO3. The van der Waals surface area contributed by atoms with Gasteiger partial charge in [-0.05, 0) is 17.7 Å². The second kappa shape index (κ2) is 4.09. The molecule has 0 amide bonds. The van der Waals surface area contributed by atoms with E-state index in [1.54, 1.807) is 24.3 Å². The van der Waals surface area contributed by atoms with E-state index in [2.05, 4.69) is 15.9 Å². The molecule has 0 atom stereocenters. The average molecular weight is 243 g/mol. The molecule has 0 spiro atoms. The number of carbonyl (C=O) groups is 1. The summed E-state index contributed by atoms with van der Waals surface area (Å²) < 4.78 is 0.860. The smallest absolute Gasteiger partial charge is 0.339 e. The number of aliphatic hydroxyl groups is 1. The Morgan fingerprint density at radius 3 is 2.23 bits per heavy atom. The fourth-order valence-corrected chi connectivity index (χ4v) is 1.15. The van der Waals surface area contributed by atoms with Crippen molar-refractivity contribution >= 4 is 27.5 Å². The van der Waals surface area contributed by atoms with Crippen LogP contribution in [0.25, 0.3) is 5.57 Å². The lowest BCUT2D eigenvalue weighted by Gasteiger charge is -2.00. The summed E-state index contributed by atoms with van der Waals surface area (Å²) in [5, 5.41) is 17.3. The first-order valence-electron chi connectivity index (χ1n) is 3.48. The highest BCUT2D eigenvalue weighted by atomic mass is 79.9. The number of carboxylic acid groups (broad SMARTS) is 1. The maximum Gasteiger partial charge on any atom is 0.339 e. The van der Waals surface area contributed by atoms with E-state index in [0.29, 0.717) is 11.8 Å². The third-order valence-electron chi connectivity index (χ3n) is 1.51. The first-order valence-corrected chi connectivity index (χ1v) is 4.28. The predicted molar refractivity (Wildman–Crippen MR) is 52.4 cm³/mol. The number of benzene rings is 1. The molecule has 0 saturated carbocycles. The first-order chi connectivity index (χ1) is 6.15. The SMILES string of the molecule is O=C(O)C(=CO)c1ccc(Br)cc1. The third kappa shape index (κ3) is 2.32. The molecule has 2 N–H and O–H groups in total. The molecule has 0 aliphatic rings. The molecule has 0 aliphatic carbocycles. The fourth-order valence-electron chi connectivity index (χ4n) is 0.883. The Morgan fingerprint density at radius 1 is 1.31 bits per heavy atom. The van der Waals surface area contributed by atoms with Crippen molar-refractivity contribution in [1.82, 2.24) is 0 Å². The molecule has 0 fully saturated rings. The molecule has 0 bridgehead atoms. The second-order valence-electron chi connectivity index (χ2n) is 2.35. The van der Waals surface area contributed by atoms with Gasteiger partial charge in [-0.2, -0.15) is 0 Å². The van der Waals surface area contributed by atoms with E-state index >= 15 is 0 Å². The van der Waals surface area contributed by atoms with E-state index in [4.69, 9.17) is 10.2 Å². The summed E-state index contributed by atoms with van der Waals surface area (Å²) >= 11 is 3.22. The zero-order valence-electron chi connectivity index (χ0n) is 6.57. The molecule has 0 radical (unpaired) electrons. The van der Waals surface area contributed by atoms with Crippen LogP contribution in [-0.2, 0) is 4.79 Å². The van der Waals surface area contributed by atoms with Crippen LogP contribution in [0.4, 0.5) is 0 Å². The van der Waals surface area contributed by atoms with Crippen LogP contribution in [0, 0.1) is 0 Å². The molecule has 3 nitrogen and oxygen atoms in total. The maximum atomic E-state index is 10.6. The third-order valence-corrected chi connectivity index (χ3v) is 2.04. The van der Waals surface area contributed by atoms with Crippen molar-refractivity contribution < 1.29 is 15.0 Å². The lowest BCUT2D eigenvalue weighted by molar-refractivity contribution is -0.130. The van der Waals surface area contributed by atoms with Crippen LogP contribution >= 0.6 is 15.9 Å². The zero-order valence-corrected chi connectivity index (χ0v) is 8.15. The first kappa shape index (κ1) is 9.80. The standard InChI is InChI=1S/C9H7BrO3/c10-7-3-1-6(2-4-7)8(5-11)9(12)13/h1-5,11H,(H,12,13). The molecular weight excluding hydrogens is 236 g/mol. The molecule has 1 aromatic carbocycles. The number of aliphatic carboxylic acids is 1. The molecule has 13 heavy (non-hydrogen) atoms. The van der Waals surface area contributed by atoms with Gasteiger partial charge in [-0.15, -0.1) is 0 Å². The van der Waals surface area contributed by atoms with Gasteiger partial charge < -0.3 is 10.2 Å². The largest absolute Gasteiger partial charge is 0.515 e. The molecule has 4 heteroatoms. The number of hydrogen-bond acceptors (Lipinski definition) is 2. The van der Waals surface area contributed by atoms with Gasteiger partial charge in [-0.3, -0.25) is 0 Å². The van der Waals surface area contributed by atoms with E-state index in [1.807, 2.05) is 0 Å². The second-order valence-corrected chi connectivity index (χ2v) is 3.27.